The second-order valence-corrected chi connectivity index (χ2v) is 5.05. The van der Waals surface area contributed by atoms with E-state index < -0.39 is 0 Å². The van der Waals surface area contributed by atoms with E-state index in [2.05, 4.69) is 4.90 Å². The number of benzene rings is 1. The van der Waals surface area contributed by atoms with Crippen molar-refractivity contribution in [2.45, 2.75) is 26.8 Å². The molecule has 0 bridgehead atoms. The van der Waals surface area contributed by atoms with Gasteiger partial charge in [0.05, 0.1) is 13.2 Å². The number of hydrogen-bond donors (Lipinski definition) is 0. The summed E-state index contributed by atoms with van der Waals surface area (Å²) >= 11 is 0. The molecule has 0 unspecified atom stereocenters. The second kappa shape index (κ2) is 7.41. The Morgan fingerprint density at radius 1 is 1.35 bits per heavy atom. The Labute approximate surface area is 120 Å². The molecule has 2 rings (SSSR count). The zero-order chi connectivity index (χ0) is 14.4. The van der Waals surface area contributed by atoms with E-state index in [4.69, 9.17) is 9.47 Å². The minimum Gasteiger partial charge on any atom is -0.494 e. The van der Waals surface area contributed by atoms with Gasteiger partial charge >= 0.3 is 0 Å². The number of ether oxygens (including phenoxy) is 2. The third-order valence-corrected chi connectivity index (χ3v) is 3.48. The molecule has 0 N–H and O–H groups in total. The molecule has 110 valence electrons. The van der Waals surface area contributed by atoms with Crippen molar-refractivity contribution in [3.8, 4) is 5.75 Å². The van der Waals surface area contributed by atoms with Crippen molar-refractivity contribution >= 4 is 5.78 Å². The fraction of sp³-hybridized carbons (Fsp3) is 0.562. The summed E-state index contributed by atoms with van der Waals surface area (Å²) in [5, 5.41) is 0. The van der Waals surface area contributed by atoms with E-state index in [9.17, 15) is 4.79 Å². The topological polar surface area (TPSA) is 38.8 Å². The summed E-state index contributed by atoms with van der Waals surface area (Å²) < 4.78 is 11.2. The molecular formula is C16H23NO3. The molecular weight excluding hydrogens is 254 g/mol. The van der Waals surface area contributed by atoms with Gasteiger partial charge in [0, 0.05) is 37.4 Å². The Bertz CT molecular complexity index is 451. The summed E-state index contributed by atoms with van der Waals surface area (Å²) in [7, 11) is 0. The summed E-state index contributed by atoms with van der Waals surface area (Å²) in [4.78, 5) is 13.9. The number of Topliss-reactive ketones (excluding diaryl/α,β-unsaturated/α-hetero) is 1. The maximum atomic E-state index is 11.5. The molecule has 1 aliphatic heterocycles. The van der Waals surface area contributed by atoms with Gasteiger partial charge in [0.15, 0.2) is 5.78 Å². The maximum Gasteiger partial charge on any atom is 0.159 e. The van der Waals surface area contributed by atoms with E-state index in [1.807, 2.05) is 25.1 Å². The summed E-state index contributed by atoms with van der Waals surface area (Å²) in [5.41, 5.74) is 1.83. The van der Waals surface area contributed by atoms with Crippen molar-refractivity contribution < 1.29 is 14.3 Å². The van der Waals surface area contributed by atoms with E-state index in [0.717, 1.165) is 56.1 Å². The van der Waals surface area contributed by atoms with Crippen LogP contribution in [0, 0.1) is 0 Å². The molecule has 0 radical (unpaired) electrons. The fourth-order valence-corrected chi connectivity index (χ4v) is 2.42. The molecule has 0 aliphatic carbocycles. The van der Waals surface area contributed by atoms with Crippen LogP contribution in [0.15, 0.2) is 18.2 Å². The molecule has 1 saturated heterocycles. The highest BCUT2D eigenvalue weighted by Crippen LogP contribution is 2.23. The number of carbonyl (C=O) groups excluding carboxylic acids is 1. The average molecular weight is 277 g/mol. The minimum absolute atomic E-state index is 0.0912. The molecule has 4 nitrogen and oxygen atoms in total. The molecule has 20 heavy (non-hydrogen) atoms. The molecule has 1 aromatic carbocycles. The van der Waals surface area contributed by atoms with Gasteiger partial charge in [0.25, 0.3) is 0 Å². The Morgan fingerprint density at radius 2 is 2.20 bits per heavy atom. The molecule has 0 atom stereocenters. The smallest absolute Gasteiger partial charge is 0.159 e. The molecule has 4 heteroatoms. The summed E-state index contributed by atoms with van der Waals surface area (Å²) in [6.45, 7) is 8.57. The van der Waals surface area contributed by atoms with E-state index >= 15 is 0 Å². The highest BCUT2D eigenvalue weighted by atomic mass is 16.5. The third-order valence-electron chi connectivity index (χ3n) is 3.48. The first-order chi connectivity index (χ1) is 9.70. The van der Waals surface area contributed by atoms with Gasteiger partial charge in [-0.2, -0.15) is 0 Å². The number of hydrogen-bond acceptors (Lipinski definition) is 4. The summed E-state index contributed by atoms with van der Waals surface area (Å²) in [6, 6.07) is 5.70. The van der Waals surface area contributed by atoms with Crippen molar-refractivity contribution in [1.82, 2.24) is 4.90 Å². The van der Waals surface area contributed by atoms with Gasteiger partial charge in [-0.25, -0.2) is 0 Å². The Morgan fingerprint density at radius 3 is 2.95 bits per heavy atom. The van der Waals surface area contributed by atoms with Gasteiger partial charge in [0.2, 0.25) is 0 Å². The van der Waals surface area contributed by atoms with E-state index in [0.29, 0.717) is 6.61 Å². The van der Waals surface area contributed by atoms with Crippen LogP contribution in [0.1, 0.15) is 36.2 Å². The van der Waals surface area contributed by atoms with Gasteiger partial charge in [-0.05, 0) is 38.5 Å². The first-order valence-electron chi connectivity index (χ1n) is 7.27. The van der Waals surface area contributed by atoms with Gasteiger partial charge < -0.3 is 9.47 Å². The van der Waals surface area contributed by atoms with Crippen LogP contribution < -0.4 is 4.74 Å². The monoisotopic (exact) mass is 277 g/mol. The van der Waals surface area contributed by atoms with Crippen LogP contribution in [0.5, 0.6) is 5.75 Å². The van der Waals surface area contributed by atoms with Crippen LogP contribution in [0.4, 0.5) is 0 Å². The van der Waals surface area contributed by atoms with Crippen molar-refractivity contribution in [2.75, 3.05) is 32.9 Å². The standard InChI is InChI=1S/C16H23NO3/c1-3-20-16-6-5-14(13(2)18)11-15(16)12-17-7-4-9-19-10-8-17/h5-6,11H,3-4,7-10,12H2,1-2H3. The summed E-state index contributed by atoms with van der Waals surface area (Å²) in [6.07, 6.45) is 1.05. The lowest BCUT2D eigenvalue weighted by atomic mass is 10.1. The van der Waals surface area contributed by atoms with Crippen molar-refractivity contribution in [3.05, 3.63) is 29.3 Å². The highest BCUT2D eigenvalue weighted by molar-refractivity contribution is 5.94. The van der Waals surface area contributed by atoms with Crippen LogP contribution in [-0.4, -0.2) is 43.6 Å². The molecule has 1 heterocycles. The van der Waals surface area contributed by atoms with E-state index in [-0.39, 0.29) is 5.78 Å². The largest absolute Gasteiger partial charge is 0.494 e. The molecule has 0 spiro atoms. The molecule has 0 saturated carbocycles. The van der Waals surface area contributed by atoms with Crippen LogP contribution >= 0.6 is 0 Å². The Balaban J connectivity index is 2.17. The molecule has 0 amide bonds. The van der Waals surface area contributed by atoms with Gasteiger partial charge in [-0.1, -0.05) is 0 Å². The van der Waals surface area contributed by atoms with Crippen LogP contribution in [-0.2, 0) is 11.3 Å². The summed E-state index contributed by atoms with van der Waals surface area (Å²) in [5.74, 6) is 0.969. The lowest BCUT2D eigenvalue weighted by Crippen LogP contribution is -2.26. The minimum atomic E-state index is 0.0912. The Hall–Kier alpha value is -1.39. The predicted molar refractivity (Wildman–Crippen MR) is 78.3 cm³/mol. The number of carbonyl (C=O) groups is 1. The highest BCUT2D eigenvalue weighted by Gasteiger charge is 2.14. The quantitative estimate of drug-likeness (QED) is 0.775. The van der Waals surface area contributed by atoms with Crippen molar-refractivity contribution in [2.24, 2.45) is 0 Å². The first-order valence-corrected chi connectivity index (χ1v) is 7.27. The van der Waals surface area contributed by atoms with Crippen LogP contribution in [0.2, 0.25) is 0 Å². The zero-order valence-corrected chi connectivity index (χ0v) is 12.4. The average Bonchev–Trinajstić information content (AvgIpc) is 2.69. The fourth-order valence-electron chi connectivity index (χ4n) is 2.42. The predicted octanol–water partition coefficient (Wildman–Crippen LogP) is 2.51. The normalized spacial score (nSPS) is 16.7. The zero-order valence-electron chi connectivity index (χ0n) is 12.4. The van der Waals surface area contributed by atoms with Gasteiger partial charge in [0.1, 0.15) is 5.75 Å². The molecule has 1 aromatic rings. The van der Waals surface area contributed by atoms with Crippen LogP contribution in [0.25, 0.3) is 0 Å². The molecule has 1 fully saturated rings. The molecule has 0 aromatic heterocycles. The molecule has 1 aliphatic rings. The maximum absolute atomic E-state index is 11.5. The van der Waals surface area contributed by atoms with Crippen molar-refractivity contribution in [3.63, 3.8) is 0 Å². The SMILES string of the molecule is CCOc1ccc(C(C)=O)cc1CN1CCCOCC1. The van der Waals surface area contributed by atoms with Crippen molar-refractivity contribution in [1.29, 1.82) is 0 Å². The number of ketones is 1. The second-order valence-electron chi connectivity index (χ2n) is 5.05. The van der Waals surface area contributed by atoms with E-state index in [1.165, 1.54) is 0 Å². The Kier molecular flexibility index (Phi) is 5.56. The van der Waals surface area contributed by atoms with Crippen LogP contribution in [0.3, 0.4) is 0 Å². The lowest BCUT2D eigenvalue weighted by Gasteiger charge is -2.21. The lowest BCUT2D eigenvalue weighted by molar-refractivity contribution is 0.101. The van der Waals surface area contributed by atoms with Gasteiger partial charge in [-0.3, -0.25) is 9.69 Å². The van der Waals surface area contributed by atoms with E-state index in [1.54, 1.807) is 6.92 Å². The first kappa shape index (κ1) is 15.0. The number of nitrogens with zero attached hydrogens (tertiary/aromatic N) is 1. The number of rotatable bonds is 5. The third kappa shape index (κ3) is 4.05. The van der Waals surface area contributed by atoms with Gasteiger partial charge in [-0.15, -0.1) is 0 Å².